The number of pyridine rings is 2. The number of nitrogens with zero attached hydrogens (tertiary/aromatic N) is 3. The van der Waals surface area contributed by atoms with Crippen LogP contribution < -0.4 is 16.0 Å². The second kappa shape index (κ2) is 8.41. The van der Waals surface area contributed by atoms with Crippen LogP contribution in [0, 0.1) is 5.92 Å². The summed E-state index contributed by atoms with van der Waals surface area (Å²) in [5.41, 5.74) is 7.22. The molecule has 6 heterocycles. The van der Waals surface area contributed by atoms with E-state index in [1.165, 1.54) is 0 Å². The molecule has 0 radical (unpaired) electrons. The van der Waals surface area contributed by atoms with Gasteiger partial charge in [-0.15, -0.1) is 0 Å². The number of aromatic nitrogens is 3. The third-order valence-corrected chi connectivity index (χ3v) is 7.82. The predicted octanol–water partition coefficient (Wildman–Crippen LogP) is 3.37. The van der Waals surface area contributed by atoms with E-state index in [9.17, 15) is 9.59 Å². The fourth-order valence-electron chi connectivity index (χ4n) is 5.97. The summed E-state index contributed by atoms with van der Waals surface area (Å²) in [6.45, 7) is 1.93. The van der Waals surface area contributed by atoms with Crippen molar-refractivity contribution >= 4 is 34.4 Å². The predicted molar refractivity (Wildman–Crippen MR) is 138 cm³/mol. The molecule has 37 heavy (non-hydrogen) atoms. The molecule has 1 fully saturated rings. The average Bonchev–Trinajstić information content (AvgIpc) is 3.47. The Hall–Kier alpha value is -4.24. The molecule has 0 saturated carbocycles. The number of hydrogen-bond acceptors (Lipinski definition) is 6. The van der Waals surface area contributed by atoms with Gasteiger partial charge in [-0.25, -0.2) is 9.97 Å². The van der Waals surface area contributed by atoms with Crippen molar-refractivity contribution in [2.45, 2.75) is 25.4 Å². The number of carbonyl (C=O) groups excluding carboxylic acids is 2. The van der Waals surface area contributed by atoms with E-state index in [2.05, 4.69) is 39.1 Å². The molecule has 0 aliphatic carbocycles. The smallest absolute Gasteiger partial charge is 0.254 e. The average molecular weight is 495 g/mol. The molecule has 2 atom stereocenters. The molecule has 1 saturated heterocycles. The lowest BCUT2D eigenvalue weighted by molar-refractivity contribution is -0.129. The molecule has 0 spiro atoms. The van der Waals surface area contributed by atoms with Gasteiger partial charge in [-0.1, -0.05) is 12.1 Å². The lowest BCUT2D eigenvalue weighted by atomic mass is 9.82. The van der Waals surface area contributed by atoms with Crippen LogP contribution in [0.3, 0.4) is 0 Å². The van der Waals surface area contributed by atoms with Crippen LogP contribution in [0.4, 0.5) is 11.5 Å². The number of fused-ring (bicyclic) bond motifs is 5. The quantitative estimate of drug-likeness (QED) is 0.403. The zero-order valence-electron chi connectivity index (χ0n) is 20.4. The zero-order valence-corrected chi connectivity index (χ0v) is 20.4. The van der Waals surface area contributed by atoms with Gasteiger partial charge in [0.1, 0.15) is 11.5 Å². The van der Waals surface area contributed by atoms with Crippen molar-refractivity contribution in [1.82, 2.24) is 25.2 Å². The molecule has 186 valence electrons. The summed E-state index contributed by atoms with van der Waals surface area (Å²) in [5.74, 6) is 0.481. The highest BCUT2D eigenvalue weighted by Crippen LogP contribution is 2.39. The first-order valence-electron chi connectivity index (χ1n) is 12.6. The van der Waals surface area contributed by atoms with E-state index in [4.69, 9.17) is 9.72 Å². The second-order valence-corrected chi connectivity index (χ2v) is 9.87. The summed E-state index contributed by atoms with van der Waals surface area (Å²) in [6.07, 6.45) is 4.61. The number of carbonyl (C=O) groups is 2. The maximum Gasteiger partial charge on any atom is 0.254 e. The Morgan fingerprint density at radius 3 is 2.86 bits per heavy atom. The maximum atomic E-state index is 13.0. The molecule has 7 rings (SSSR count). The number of benzene rings is 1. The summed E-state index contributed by atoms with van der Waals surface area (Å²) in [5, 5.41) is 10.4. The first kappa shape index (κ1) is 22.0. The van der Waals surface area contributed by atoms with Gasteiger partial charge in [-0.3, -0.25) is 9.59 Å². The number of aryl methyl sites for hydroxylation is 1. The number of hydrogen-bond donors (Lipinski definition) is 3. The van der Waals surface area contributed by atoms with Crippen molar-refractivity contribution in [2.24, 2.45) is 13.0 Å². The third kappa shape index (κ3) is 3.49. The van der Waals surface area contributed by atoms with Crippen LogP contribution in [0.2, 0.25) is 0 Å². The fraction of sp³-hybridized carbons (Fsp3) is 0.286. The molecular weight excluding hydrogens is 468 g/mol. The van der Waals surface area contributed by atoms with Crippen LogP contribution in [-0.2, 0) is 29.7 Å². The molecular formula is C28H26N6O3. The van der Waals surface area contributed by atoms with Gasteiger partial charge in [0.15, 0.2) is 0 Å². The minimum absolute atomic E-state index is 0.0194. The molecule has 3 aromatic heterocycles. The molecule has 9 heteroatoms. The molecule has 2 amide bonds. The van der Waals surface area contributed by atoms with Crippen LogP contribution in [0.1, 0.15) is 39.5 Å². The normalized spacial score (nSPS) is 20.5. The summed E-state index contributed by atoms with van der Waals surface area (Å²) >= 11 is 0. The van der Waals surface area contributed by atoms with Gasteiger partial charge >= 0.3 is 0 Å². The van der Waals surface area contributed by atoms with Crippen LogP contribution in [-0.4, -0.2) is 39.6 Å². The van der Waals surface area contributed by atoms with Crippen LogP contribution in [0.25, 0.3) is 22.2 Å². The topological polar surface area (TPSA) is 110 Å². The number of anilines is 2. The molecule has 0 unspecified atom stereocenters. The van der Waals surface area contributed by atoms with E-state index in [-0.39, 0.29) is 23.7 Å². The van der Waals surface area contributed by atoms with Gasteiger partial charge in [-0.05, 0) is 52.9 Å². The Kier molecular flexibility index (Phi) is 5.00. The van der Waals surface area contributed by atoms with Crippen molar-refractivity contribution in [1.29, 1.82) is 0 Å². The fourth-order valence-corrected chi connectivity index (χ4v) is 5.97. The highest BCUT2D eigenvalue weighted by molar-refractivity contribution is 6.07. The third-order valence-electron chi connectivity index (χ3n) is 7.82. The van der Waals surface area contributed by atoms with E-state index in [0.29, 0.717) is 43.4 Å². The van der Waals surface area contributed by atoms with Crippen LogP contribution >= 0.6 is 0 Å². The number of ether oxygens (including phenoxy) is 1. The Labute approximate surface area is 213 Å². The minimum Gasteiger partial charge on any atom is -0.381 e. The van der Waals surface area contributed by atoms with E-state index in [1.807, 2.05) is 42.2 Å². The van der Waals surface area contributed by atoms with Gasteiger partial charge < -0.3 is 25.3 Å². The van der Waals surface area contributed by atoms with Gasteiger partial charge in [0, 0.05) is 43.9 Å². The molecule has 0 bridgehead atoms. The molecule has 1 aromatic carbocycles. The molecule has 3 aliphatic rings. The van der Waals surface area contributed by atoms with Crippen LogP contribution in [0.5, 0.6) is 0 Å². The summed E-state index contributed by atoms with van der Waals surface area (Å²) in [6, 6.07) is 12.1. The Morgan fingerprint density at radius 1 is 1.03 bits per heavy atom. The van der Waals surface area contributed by atoms with Gasteiger partial charge in [-0.2, -0.15) is 0 Å². The van der Waals surface area contributed by atoms with Crippen molar-refractivity contribution in [3.63, 3.8) is 0 Å². The second-order valence-electron chi connectivity index (χ2n) is 9.87. The Morgan fingerprint density at radius 2 is 1.95 bits per heavy atom. The first-order valence-corrected chi connectivity index (χ1v) is 12.6. The minimum atomic E-state index is -0.181. The number of rotatable bonds is 3. The zero-order chi connectivity index (χ0) is 25.1. The van der Waals surface area contributed by atoms with Crippen molar-refractivity contribution in [3.8, 4) is 11.1 Å². The van der Waals surface area contributed by atoms with Crippen LogP contribution in [0.15, 0.2) is 48.8 Å². The van der Waals surface area contributed by atoms with E-state index < -0.39 is 0 Å². The van der Waals surface area contributed by atoms with E-state index in [1.54, 1.807) is 0 Å². The Bertz CT molecular complexity index is 1590. The van der Waals surface area contributed by atoms with Gasteiger partial charge in [0.25, 0.3) is 5.91 Å². The van der Waals surface area contributed by atoms with E-state index in [0.717, 1.165) is 45.4 Å². The lowest BCUT2D eigenvalue weighted by Crippen LogP contribution is -2.37. The monoisotopic (exact) mass is 494 g/mol. The SMILES string of the molecule is Cn1ccc2c(-c3ccc(Nc4ccc5c(n4)CNC(=O)[C@@H]4COCC[C@@H]54)c4c3CNC4=O)ccnc21. The molecule has 9 nitrogen and oxygen atoms in total. The Balaban J connectivity index is 1.26. The standard InChI is InChI=1S/C28H26N6O3/c1-34-10-7-19-16(6-9-29-26(19)34)15-2-4-22(25-20(15)12-30-28(25)36)32-24-5-3-18-17-8-11-37-14-21(17)27(35)31-13-23(18)33-24/h2-7,9-10,17,21H,8,11-14H2,1H3,(H,30,36)(H,31,35)(H,32,33)/t17-,21+/m0/s1. The summed E-state index contributed by atoms with van der Waals surface area (Å²) < 4.78 is 7.56. The summed E-state index contributed by atoms with van der Waals surface area (Å²) in [7, 11) is 1.98. The maximum absolute atomic E-state index is 13.0. The van der Waals surface area contributed by atoms with Crippen molar-refractivity contribution in [2.75, 3.05) is 18.5 Å². The van der Waals surface area contributed by atoms with Gasteiger partial charge in [0.05, 0.1) is 36.0 Å². The lowest BCUT2D eigenvalue weighted by Gasteiger charge is -2.29. The highest BCUT2D eigenvalue weighted by Gasteiger charge is 2.36. The molecule has 3 aliphatic heterocycles. The number of amides is 2. The van der Waals surface area contributed by atoms with Gasteiger partial charge in [0.2, 0.25) is 5.91 Å². The van der Waals surface area contributed by atoms with E-state index >= 15 is 0 Å². The summed E-state index contributed by atoms with van der Waals surface area (Å²) in [4.78, 5) is 34.9. The molecule has 3 N–H and O–H groups in total. The largest absolute Gasteiger partial charge is 0.381 e. The number of nitrogens with one attached hydrogen (secondary N) is 3. The van der Waals surface area contributed by atoms with Crippen molar-refractivity contribution < 1.29 is 14.3 Å². The van der Waals surface area contributed by atoms with Crippen molar-refractivity contribution in [3.05, 3.63) is 71.2 Å². The molecule has 4 aromatic rings. The first-order chi connectivity index (χ1) is 18.1. The highest BCUT2D eigenvalue weighted by atomic mass is 16.5.